The molecule has 0 radical (unpaired) electrons. The third-order valence-corrected chi connectivity index (χ3v) is 2.37. The van der Waals surface area contributed by atoms with E-state index in [1.165, 1.54) is 0 Å². The van der Waals surface area contributed by atoms with Crippen LogP contribution in [0.3, 0.4) is 0 Å². The van der Waals surface area contributed by atoms with E-state index in [2.05, 4.69) is 0 Å². The minimum atomic E-state index is -0.941. The van der Waals surface area contributed by atoms with Crippen LogP contribution in [0.25, 0.3) is 6.08 Å². The maximum Gasteiger partial charge on any atom is 0.143 e. The summed E-state index contributed by atoms with van der Waals surface area (Å²) in [6.07, 6.45) is 3.28. The normalized spacial score (nSPS) is 22.4. The Morgan fingerprint density at radius 1 is 1.56 bits per heavy atom. The molecule has 0 saturated carbocycles. The zero-order valence-corrected chi connectivity index (χ0v) is 5.35. The Kier molecular flexibility index (Phi) is 0.873. The highest BCUT2D eigenvalue weighted by Crippen LogP contribution is 2.23. The van der Waals surface area contributed by atoms with Crippen LogP contribution in [0.4, 0.5) is 0 Å². The molecular formula is C6H4O2S. The number of furan rings is 1. The van der Waals surface area contributed by atoms with Crippen LogP contribution in [-0.4, -0.2) is 4.21 Å². The maximum atomic E-state index is 10.9. The van der Waals surface area contributed by atoms with Crippen molar-refractivity contribution in [2.45, 2.75) is 4.90 Å². The average molecular weight is 140 g/mol. The predicted octanol–water partition coefficient (Wildman–Crippen LogP) is 1.37. The summed E-state index contributed by atoms with van der Waals surface area (Å²) >= 11 is 0. The fourth-order valence-corrected chi connectivity index (χ4v) is 1.69. The minimum absolute atomic E-state index is 0.730. The van der Waals surface area contributed by atoms with Crippen LogP contribution in [0, 0.1) is 0 Å². The second-order valence-electron chi connectivity index (χ2n) is 1.75. The van der Waals surface area contributed by atoms with Gasteiger partial charge in [0.25, 0.3) is 0 Å². The average Bonchev–Trinajstić information content (AvgIpc) is 2.35. The van der Waals surface area contributed by atoms with Crippen molar-refractivity contribution in [2.24, 2.45) is 0 Å². The summed E-state index contributed by atoms with van der Waals surface area (Å²) in [5.74, 6) is 0.730. The van der Waals surface area contributed by atoms with Gasteiger partial charge in [-0.05, 0) is 12.1 Å². The van der Waals surface area contributed by atoms with Crippen molar-refractivity contribution in [3.05, 3.63) is 23.5 Å². The third kappa shape index (κ3) is 0.580. The molecule has 9 heavy (non-hydrogen) atoms. The molecule has 0 saturated heterocycles. The highest BCUT2D eigenvalue weighted by atomic mass is 32.2. The monoisotopic (exact) mass is 140 g/mol. The number of hydrogen-bond donors (Lipinski definition) is 0. The van der Waals surface area contributed by atoms with Gasteiger partial charge in [0.2, 0.25) is 0 Å². The molecule has 1 aromatic heterocycles. The topological polar surface area (TPSA) is 30.2 Å². The molecule has 0 aliphatic carbocycles. The van der Waals surface area contributed by atoms with Gasteiger partial charge in [-0.25, -0.2) is 4.21 Å². The first kappa shape index (κ1) is 4.99. The van der Waals surface area contributed by atoms with Gasteiger partial charge in [-0.15, -0.1) is 0 Å². The Labute approximate surface area is 54.6 Å². The van der Waals surface area contributed by atoms with Crippen LogP contribution >= 0.6 is 0 Å². The van der Waals surface area contributed by atoms with Crippen molar-refractivity contribution in [2.75, 3.05) is 0 Å². The molecule has 0 fully saturated rings. The Morgan fingerprint density at radius 3 is 3.22 bits per heavy atom. The van der Waals surface area contributed by atoms with E-state index in [0.717, 1.165) is 10.7 Å². The van der Waals surface area contributed by atoms with Gasteiger partial charge in [-0.2, -0.15) is 0 Å². The molecule has 3 heteroatoms. The highest BCUT2D eigenvalue weighted by Gasteiger charge is 2.13. The summed E-state index contributed by atoms with van der Waals surface area (Å²) in [7, 11) is -0.941. The molecule has 2 nitrogen and oxygen atoms in total. The lowest BCUT2D eigenvalue weighted by molar-refractivity contribution is 0.551. The van der Waals surface area contributed by atoms with E-state index in [4.69, 9.17) is 4.42 Å². The molecule has 1 aliphatic rings. The molecule has 1 aliphatic heterocycles. The van der Waals surface area contributed by atoms with Crippen LogP contribution in [0.2, 0.25) is 0 Å². The molecule has 0 bridgehead atoms. The summed E-state index contributed by atoms with van der Waals surface area (Å²) in [5, 5.41) is 1.62. The first-order chi connectivity index (χ1) is 4.38. The molecule has 0 N–H and O–H groups in total. The standard InChI is InChI=1S/C6H4O2S/c7-9-4-2-5-6(9)1-3-8-5/h1-4H. The second kappa shape index (κ2) is 1.57. The number of fused-ring (bicyclic) bond motifs is 1. The summed E-state index contributed by atoms with van der Waals surface area (Å²) in [4.78, 5) is 0.787. The molecule has 1 atom stereocenters. The van der Waals surface area contributed by atoms with Crippen LogP contribution in [-0.2, 0) is 10.8 Å². The van der Waals surface area contributed by atoms with Crippen molar-refractivity contribution < 1.29 is 8.63 Å². The lowest BCUT2D eigenvalue weighted by atomic mass is 10.4. The van der Waals surface area contributed by atoms with E-state index < -0.39 is 10.8 Å². The Balaban J connectivity index is 2.73. The van der Waals surface area contributed by atoms with Crippen LogP contribution < -0.4 is 0 Å². The number of hydrogen-bond acceptors (Lipinski definition) is 2. The zero-order chi connectivity index (χ0) is 6.27. The first-order valence-corrected chi connectivity index (χ1v) is 3.75. The zero-order valence-electron chi connectivity index (χ0n) is 4.53. The Morgan fingerprint density at radius 2 is 2.44 bits per heavy atom. The molecule has 0 aromatic carbocycles. The summed E-state index contributed by atoms with van der Waals surface area (Å²) in [6.45, 7) is 0. The van der Waals surface area contributed by atoms with Crippen molar-refractivity contribution in [3.8, 4) is 0 Å². The van der Waals surface area contributed by atoms with Crippen molar-refractivity contribution in [1.29, 1.82) is 0 Å². The van der Waals surface area contributed by atoms with Crippen molar-refractivity contribution >= 4 is 16.9 Å². The van der Waals surface area contributed by atoms with Gasteiger partial charge in [-0.1, -0.05) is 0 Å². The molecule has 1 aromatic rings. The molecule has 2 heterocycles. The fourth-order valence-electron chi connectivity index (χ4n) is 0.794. The molecular weight excluding hydrogens is 136 g/mol. The van der Waals surface area contributed by atoms with Gasteiger partial charge < -0.3 is 4.42 Å². The van der Waals surface area contributed by atoms with Gasteiger partial charge in [0, 0.05) is 5.41 Å². The fraction of sp³-hybridized carbons (Fsp3) is 0. The molecule has 0 amide bonds. The maximum absolute atomic E-state index is 10.9. The van der Waals surface area contributed by atoms with E-state index in [1.54, 1.807) is 23.8 Å². The SMILES string of the molecule is O=S1C=Cc2occc21. The summed E-state index contributed by atoms with van der Waals surface area (Å²) < 4.78 is 15.9. The van der Waals surface area contributed by atoms with Crippen molar-refractivity contribution in [1.82, 2.24) is 0 Å². The third-order valence-electron chi connectivity index (χ3n) is 1.22. The lowest BCUT2D eigenvalue weighted by Crippen LogP contribution is -1.76. The minimum Gasteiger partial charge on any atom is -0.464 e. The van der Waals surface area contributed by atoms with E-state index in [9.17, 15) is 4.21 Å². The molecule has 0 spiro atoms. The summed E-state index contributed by atoms with van der Waals surface area (Å²) in [5.41, 5.74) is 0. The smallest absolute Gasteiger partial charge is 0.143 e. The predicted molar refractivity (Wildman–Crippen MR) is 34.2 cm³/mol. The van der Waals surface area contributed by atoms with E-state index in [-0.39, 0.29) is 0 Å². The van der Waals surface area contributed by atoms with Gasteiger partial charge in [0.1, 0.15) is 5.76 Å². The van der Waals surface area contributed by atoms with Gasteiger partial charge >= 0.3 is 0 Å². The molecule has 2 rings (SSSR count). The van der Waals surface area contributed by atoms with E-state index in [1.807, 2.05) is 0 Å². The van der Waals surface area contributed by atoms with Gasteiger partial charge in [-0.3, -0.25) is 0 Å². The lowest BCUT2D eigenvalue weighted by Gasteiger charge is -1.79. The first-order valence-electron chi connectivity index (χ1n) is 2.54. The highest BCUT2D eigenvalue weighted by molar-refractivity contribution is 7.88. The van der Waals surface area contributed by atoms with Crippen LogP contribution in [0.1, 0.15) is 5.76 Å². The quantitative estimate of drug-likeness (QED) is 0.544. The second-order valence-corrected chi connectivity index (χ2v) is 3.06. The summed E-state index contributed by atoms with van der Waals surface area (Å²) in [6, 6.07) is 1.73. The van der Waals surface area contributed by atoms with Gasteiger partial charge in [0.05, 0.1) is 22.0 Å². The Hall–Kier alpha value is -0.830. The number of rotatable bonds is 0. The van der Waals surface area contributed by atoms with E-state index in [0.29, 0.717) is 0 Å². The van der Waals surface area contributed by atoms with Crippen LogP contribution in [0.15, 0.2) is 27.1 Å². The van der Waals surface area contributed by atoms with Crippen LogP contribution in [0.5, 0.6) is 0 Å². The largest absolute Gasteiger partial charge is 0.464 e. The molecule has 1 unspecified atom stereocenters. The van der Waals surface area contributed by atoms with E-state index >= 15 is 0 Å². The van der Waals surface area contributed by atoms with Gasteiger partial charge in [0.15, 0.2) is 0 Å². The van der Waals surface area contributed by atoms with Crippen molar-refractivity contribution in [3.63, 3.8) is 0 Å². The Bertz CT molecular complexity index is 285. The molecule has 46 valence electrons.